The number of fused-ring (bicyclic) bond motifs is 1. The highest BCUT2D eigenvalue weighted by Gasteiger charge is 2.26. The first-order valence-electron chi connectivity index (χ1n) is 9.19. The van der Waals surface area contributed by atoms with Gasteiger partial charge in [-0.3, -0.25) is 4.79 Å². The van der Waals surface area contributed by atoms with E-state index in [2.05, 4.69) is 34.3 Å². The Hall–Kier alpha value is -2.60. The molecule has 1 amide bonds. The zero-order chi connectivity index (χ0) is 18.8. The lowest BCUT2D eigenvalue weighted by Gasteiger charge is -2.32. The van der Waals surface area contributed by atoms with Crippen LogP contribution in [0.4, 0.5) is 11.5 Å². The lowest BCUT2D eigenvalue weighted by Crippen LogP contribution is -2.38. The van der Waals surface area contributed by atoms with Crippen molar-refractivity contribution in [3.8, 4) is 5.75 Å². The SMILES string of the molecule is COc1ccc(NC(=O)C2CCN(c3nccc4sc(C)cc34)CC2)cc1. The molecule has 2 aromatic heterocycles. The molecule has 27 heavy (non-hydrogen) atoms. The minimum absolute atomic E-state index is 0.0340. The number of aromatic nitrogens is 1. The highest BCUT2D eigenvalue weighted by molar-refractivity contribution is 7.19. The van der Waals surface area contributed by atoms with Gasteiger partial charge < -0.3 is 15.0 Å². The number of hydrogen-bond acceptors (Lipinski definition) is 5. The lowest BCUT2D eigenvalue weighted by atomic mass is 9.95. The molecule has 0 atom stereocenters. The van der Waals surface area contributed by atoms with E-state index in [9.17, 15) is 4.79 Å². The molecule has 3 aromatic rings. The number of thiophene rings is 1. The Morgan fingerprint density at radius 3 is 2.67 bits per heavy atom. The fourth-order valence-corrected chi connectivity index (χ4v) is 4.51. The van der Waals surface area contributed by atoms with Crippen molar-refractivity contribution in [2.75, 3.05) is 30.4 Å². The van der Waals surface area contributed by atoms with Gasteiger partial charge in [-0.1, -0.05) is 0 Å². The molecule has 6 heteroatoms. The van der Waals surface area contributed by atoms with E-state index in [-0.39, 0.29) is 11.8 Å². The normalized spacial score (nSPS) is 15.1. The van der Waals surface area contributed by atoms with E-state index in [1.165, 1.54) is 15.0 Å². The van der Waals surface area contributed by atoms with Gasteiger partial charge in [-0.25, -0.2) is 4.98 Å². The number of methoxy groups -OCH3 is 1. The first-order chi connectivity index (χ1) is 13.1. The van der Waals surface area contributed by atoms with Crippen LogP contribution in [0, 0.1) is 12.8 Å². The molecule has 0 unspecified atom stereocenters. The van der Waals surface area contributed by atoms with E-state index in [4.69, 9.17) is 4.74 Å². The second-order valence-corrected chi connectivity index (χ2v) is 8.17. The molecular formula is C21H23N3O2S. The van der Waals surface area contributed by atoms with E-state index in [0.29, 0.717) is 0 Å². The van der Waals surface area contributed by atoms with Crippen LogP contribution in [0.2, 0.25) is 0 Å². The molecule has 0 saturated carbocycles. The number of nitrogens with one attached hydrogen (secondary N) is 1. The summed E-state index contributed by atoms with van der Waals surface area (Å²) in [5.74, 6) is 1.96. The molecule has 4 rings (SSSR count). The highest BCUT2D eigenvalue weighted by atomic mass is 32.1. The van der Waals surface area contributed by atoms with Crippen molar-refractivity contribution in [1.29, 1.82) is 0 Å². The summed E-state index contributed by atoms with van der Waals surface area (Å²) in [6, 6.07) is 11.7. The Balaban J connectivity index is 1.39. The van der Waals surface area contributed by atoms with Crippen molar-refractivity contribution in [3.05, 3.63) is 47.5 Å². The molecule has 0 bridgehead atoms. The number of piperidine rings is 1. The second-order valence-electron chi connectivity index (χ2n) is 6.88. The smallest absolute Gasteiger partial charge is 0.227 e. The molecule has 1 saturated heterocycles. The zero-order valence-corrected chi connectivity index (χ0v) is 16.4. The van der Waals surface area contributed by atoms with Gasteiger partial charge in [0.25, 0.3) is 0 Å². The Labute approximate surface area is 163 Å². The Morgan fingerprint density at radius 1 is 1.22 bits per heavy atom. The Morgan fingerprint density at radius 2 is 1.96 bits per heavy atom. The minimum Gasteiger partial charge on any atom is -0.497 e. The summed E-state index contributed by atoms with van der Waals surface area (Å²) in [5.41, 5.74) is 0.809. The molecular weight excluding hydrogens is 358 g/mol. The number of pyridine rings is 1. The van der Waals surface area contributed by atoms with Gasteiger partial charge in [-0.2, -0.15) is 0 Å². The van der Waals surface area contributed by atoms with Crippen molar-refractivity contribution in [2.24, 2.45) is 5.92 Å². The highest BCUT2D eigenvalue weighted by Crippen LogP contribution is 2.33. The van der Waals surface area contributed by atoms with E-state index < -0.39 is 0 Å². The fourth-order valence-electron chi connectivity index (χ4n) is 3.60. The van der Waals surface area contributed by atoms with Crippen LogP contribution in [0.25, 0.3) is 10.1 Å². The predicted molar refractivity (Wildman–Crippen MR) is 111 cm³/mol. The summed E-state index contributed by atoms with van der Waals surface area (Å²) in [4.78, 5) is 20.8. The summed E-state index contributed by atoms with van der Waals surface area (Å²) in [6.07, 6.45) is 3.56. The molecule has 0 spiro atoms. The quantitative estimate of drug-likeness (QED) is 0.724. The molecule has 0 aliphatic carbocycles. The van der Waals surface area contributed by atoms with E-state index in [1.807, 2.05) is 30.5 Å². The van der Waals surface area contributed by atoms with Gasteiger partial charge in [0.05, 0.1) is 7.11 Å². The fraction of sp³-hybridized carbons (Fsp3) is 0.333. The van der Waals surface area contributed by atoms with Gasteiger partial charge >= 0.3 is 0 Å². The summed E-state index contributed by atoms with van der Waals surface area (Å²) in [5, 5.41) is 4.25. The largest absolute Gasteiger partial charge is 0.497 e. The third-order valence-electron chi connectivity index (χ3n) is 5.07. The molecule has 5 nitrogen and oxygen atoms in total. The topological polar surface area (TPSA) is 54.5 Å². The minimum atomic E-state index is 0.0340. The van der Waals surface area contributed by atoms with Crippen molar-refractivity contribution in [2.45, 2.75) is 19.8 Å². The van der Waals surface area contributed by atoms with Crippen molar-refractivity contribution in [3.63, 3.8) is 0 Å². The van der Waals surface area contributed by atoms with Gasteiger partial charge in [0, 0.05) is 45.9 Å². The molecule has 1 aliphatic heterocycles. The van der Waals surface area contributed by atoms with Crippen LogP contribution < -0.4 is 15.0 Å². The maximum absolute atomic E-state index is 12.6. The number of anilines is 2. The van der Waals surface area contributed by atoms with Crippen LogP contribution in [0.3, 0.4) is 0 Å². The molecule has 1 aromatic carbocycles. The third kappa shape index (κ3) is 3.76. The number of hydrogen-bond donors (Lipinski definition) is 1. The number of aryl methyl sites for hydroxylation is 1. The number of benzene rings is 1. The van der Waals surface area contributed by atoms with Crippen LogP contribution in [0.15, 0.2) is 42.6 Å². The molecule has 0 radical (unpaired) electrons. The summed E-state index contributed by atoms with van der Waals surface area (Å²) in [6.45, 7) is 3.83. The van der Waals surface area contributed by atoms with Crippen LogP contribution in [-0.4, -0.2) is 31.1 Å². The number of rotatable bonds is 4. The predicted octanol–water partition coefficient (Wildman–Crippen LogP) is 4.47. The number of ether oxygens (including phenoxy) is 1. The van der Waals surface area contributed by atoms with Crippen molar-refractivity contribution < 1.29 is 9.53 Å². The summed E-state index contributed by atoms with van der Waals surface area (Å²) in [7, 11) is 1.63. The standard InChI is InChI=1S/C21H23N3O2S/c1-14-13-18-19(27-14)7-10-22-20(18)24-11-8-15(9-12-24)21(25)23-16-3-5-17(26-2)6-4-16/h3-7,10,13,15H,8-9,11-12H2,1-2H3,(H,23,25). The Kier molecular flexibility index (Phi) is 4.99. The maximum Gasteiger partial charge on any atom is 0.227 e. The van der Waals surface area contributed by atoms with Gasteiger partial charge in [0.15, 0.2) is 0 Å². The summed E-state index contributed by atoms with van der Waals surface area (Å²) >= 11 is 1.80. The van der Waals surface area contributed by atoms with Crippen LogP contribution in [-0.2, 0) is 4.79 Å². The van der Waals surface area contributed by atoms with E-state index in [1.54, 1.807) is 18.4 Å². The maximum atomic E-state index is 12.6. The van der Waals surface area contributed by atoms with Gasteiger partial charge in [0.2, 0.25) is 5.91 Å². The zero-order valence-electron chi connectivity index (χ0n) is 15.6. The van der Waals surface area contributed by atoms with E-state index >= 15 is 0 Å². The summed E-state index contributed by atoms with van der Waals surface area (Å²) < 4.78 is 6.43. The van der Waals surface area contributed by atoms with Gasteiger partial charge in [-0.15, -0.1) is 11.3 Å². The van der Waals surface area contributed by atoms with Crippen LogP contribution >= 0.6 is 11.3 Å². The van der Waals surface area contributed by atoms with Crippen molar-refractivity contribution >= 4 is 38.8 Å². The molecule has 1 aliphatic rings. The van der Waals surface area contributed by atoms with Crippen LogP contribution in [0.5, 0.6) is 5.75 Å². The molecule has 3 heterocycles. The monoisotopic (exact) mass is 381 g/mol. The average Bonchev–Trinajstić information content (AvgIpc) is 3.09. The van der Waals surface area contributed by atoms with Gasteiger partial charge in [0.1, 0.15) is 11.6 Å². The van der Waals surface area contributed by atoms with Crippen molar-refractivity contribution in [1.82, 2.24) is 4.98 Å². The molecule has 140 valence electrons. The molecule has 1 fully saturated rings. The number of carbonyl (C=O) groups excluding carboxylic acids is 1. The first-order valence-corrected chi connectivity index (χ1v) is 10.0. The Bertz CT molecular complexity index is 944. The number of amides is 1. The number of carbonyl (C=O) groups is 1. The number of nitrogens with zero attached hydrogens (tertiary/aromatic N) is 2. The van der Waals surface area contributed by atoms with Gasteiger partial charge in [-0.05, 0) is 56.2 Å². The van der Waals surface area contributed by atoms with E-state index in [0.717, 1.165) is 43.2 Å². The lowest BCUT2D eigenvalue weighted by molar-refractivity contribution is -0.120. The van der Waals surface area contributed by atoms with Crippen LogP contribution in [0.1, 0.15) is 17.7 Å². The second kappa shape index (κ2) is 7.56. The average molecular weight is 382 g/mol. The first kappa shape index (κ1) is 17.8. The third-order valence-corrected chi connectivity index (χ3v) is 6.09. The molecule has 1 N–H and O–H groups in total.